The maximum absolute atomic E-state index is 11.8. The van der Waals surface area contributed by atoms with Gasteiger partial charge in [-0.05, 0) is 25.2 Å². The lowest BCUT2D eigenvalue weighted by atomic mass is 9.64. The zero-order valence-corrected chi connectivity index (χ0v) is 11.5. The number of nitrogens with zero attached hydrogens (tertiary/aromatic N) is 4. The van der Waals surface area contributed by atoms with Gasteiger partial charge in [-0.15, -0.1) is 0 Å². The molecule has 0 N–H and O–H groups in total. The maximum Gasteiger partial charge on any atom is 0.304 e. The third-order valence-electron chi connectivity index (χ3n) is 4.53. The fourth-order valence-electron chi connectivity index (χ4n) is 3.26. The predicted molar refractivity (Wildman–Crippen MR) is 68.8 cm³/mol. The number of fused-ring (bicyclic) bond motifs is 3. The van der Waals surface area contributed by atoms with E-state index in [1.165, 1.54) is 6.08 Å². The third-order valence-corrected chi connectivity index (χ3v) is 4.53. The van der Waals surface area contributed by atoms with Crippen LogP contribution in [0.5, 0.6) is 0 Å². The number of hydrogen-bond donors (Lipinski definition) is 0. The molecule has 0 aromatic carbocycles. The van der Waals surface area contributed by atoms with Crippen LogP contribution in [0.3, 0.4) is 0 Å². The van der Waals surface area contributed by atoms with E-state index in [1.807, 2.05) is 19.9 Å². The van der Waals surface area contributed by atoms with Crippen LogP contribution in [-0.4, -0.2) is 10.1 Å². The quantitative estimate of drug-likeness (QED) is 0.334. The van der Waals surface area contributed by atoms with E-state index in [0.717, 1.165) is 11.1 Å². The highest BCUT2D eigenvalue weighted by molar-refractivity contribution is 5.61. The molecule has 0 fully saturated rings. The van der Waals surface area contributed by atoms with Gasteiger partial charge in [0.05, 0.1) is 12.0 Å². The van der Waals surface area contributed by atoms with Gasteiger partial charge < -0.3 is 5.21 Å². The fourth-order valence-corrected chi connectivity index (χ4v) is 3.26. The molecule has 108 valence electrons. The number of aromatic nitrogens is 2. The molecule has 0 saturated carbocycles. The lowest BCUT2D eigenvalue weighted by Gasteiger charge is -2.36. The summed E-state index contributed by atoms with van der Waals surface area (Å²) in [7, 11) is 0. The standard InChI is InChI=1S/C13H12N4O4/c1-7-3-10-9(6-14)4-11-12(15-21-16(11)18)13(10,17(19)20)5-8(7)2/h4,10H,3,5H2,1-2H3/t10-,13+/m0/s1. The first-order valence-corrected chi connectivity index (χ1v) is 6.43. The van der Waals surface area contributed by atoms with Gasteiger partial charge in [0, 0.05) is 28.1 Å². The largest absolute Gasteiger partial charge is 0.359 e. The van der Waals surface area contributed by atoms with E-state index >= 15 is 0 Å². The summed E-state index contributed by atoms with van der Waals surface area (Å²) in [4.78, 5) is 11.5. The van der Waals surface area contributed by atoms with Crippen LogP contribution >= 0.6 is 0 Å². The Balaban J connectivity index is 2.34. The zero-order chi connectivity index (χ0) is 15.4. The van der Waals surface area contributed by atoms with Crippen molar-refractivity contribution in [3.05, 3.63) is 43.4 Å². The molecule has 0 amide bonds. The molecule has 0 radical (unpaired) electrons. The molecule has 2 aliphatic carbocycles. The Labute approximate surface area is 119 Å². The molecule has 8 nitrogen and oxygen atoms in total. The molecule has 0 spiro atoms. The Morgan fingerprint density at radius 1 is 1.57 bits per heavy atom. The Hall–Kier alpha value is -2.69. The lowest BCUT2D eigenvalue weighted by Crippen LogP contribution is -2.49. The average Bonchev–Trinajstić information content (AvgIpc) is 2.81. The number of rotatable bonds is 1. The summed E-state index contributed by atoms with van der Waals surface area (Å²) in [6.45, 7) is 3.73. The van der Waals surface area contributed by atoms with Gasteiger partial charge in [0.25, 0.3) is 0 Å². The Morgan fingerprint density at radius 3 is 2.90 bits per heavy atom. The van der Waals surface area contributed by atoms with Crippen molar-refractivity contribution in [1.29, 1.82) is 5.26 Å². The Bertz CT molecular complexity index is 755. The molecule has 0 unspecified atom stereocenters. The predicted octanol–water partition coefficient (Wildman–Crippen LogP) is 1.45. The summed E-state index contributed by atoms with van der Waals surface area (Å²) in [5.41, 5.74) is 0.496. The third kappa shape index (κ3) is 1.54. The van der Waals surface area contributed by atoms with E-state index in [9.17, 15) is 20.6 Å². The first-order valence-electron chi connectivity index (χ1n) is 6.43. The van der Waals surface area contributed by atoms with Gasteiger partial charge in [0.1, 0.15) is 0 Å². The van der Waals surface area contributed by atoms with Crippen LogP contribution in [0.1, 0.15) is 38.1 Å². The number of nitro groups is 1. The van der Waals surface area contributed by atoms with Crippen molar-refractivity contribution in [1.82, 2.24) is 5.16 Å². The van der Waals surface area contributed by atoms with Crippen LogP contribution in [-0.2, 0) is 5.54 Å². The first-order chi connectivity index (χ1) is 9.91. The minimum absolute atomic E-state index is 0.0124. The molecule has 1 heterocycles. The second-order valence-corrected chi connectivity index (χ2v) is 5.55. The van der Waals surface area contributed by atoms with Gasteiger partial charge >= 0.3 is 11.2 Å². The van der Waals surface area contributed by atoms with Gasteiger partial charge in [-0.25, -0.2) is 0 Å². The number of hydrogen-bond acceptors (Lipinski definition) is 6. The zero-order valence-electron chi connectivity index (χ0n) is 11.5. The summed E-state index contributed by atoms with van der Waals surface area (Å²) in [6, 6.07) is 1.99. The van der Waals surface area contributed by atoms with Crippen molar-refractivity contribution in [3.8, 4) is 6.07 Å². The second-order valence-electron chi connectivity index (χ2n) is 5.55. The van der Waals surface area contributed by atoms with Gasteiger partial charge in [0.2, 0.25) is 5.69 Å². The normalized spacial score (nSPS) is 27.5. The number of nitriles is 1. The van der Waals surface area contributed by atoms with E-state index in [0.29, 0.717) is 6.42 Å². The van der Waals surface area contributed by atoms with E-state index < -0.39 is 16.4 Å². The summed E-state index contributed by atoms with van der Waals surface area (Å²) in [5.74, 6) is -0.626. The van der Waals surface area contributed by atoms with Gasteiger partial charge in [0.15, 0.2) is 0 Å². The second kappa shape index (κ2) is 4.15. The van der Waals surface area contributed by atoms with Crippen molar-refractivity contribution in [2.45, 2.75) is 32.2 Å². The molecule has 2 aliphatic rings. The summed E-state index contributed by atoms with van der Waals surface area (Å²) in [5, 5.41) is 36.4. The van der Waals surface area contributed by atoms with E-state index in [1.54, 1.807) is 0 Å². The topological polar surface area (TPSA) is 120 Å². The maximum atomic E-state index is 11.8. The van der Waals surface area contributed by atoms with Crippen molar-refractivity contribution < 1.29 is 14.5 Å². The smallest absolute Gasteiger partial charge is 0.304 e. The lowest BCUT2D eigenvalue weighted by molar-refractivity contribution is -0.803. The van der Waals surface area contributed by atoms with E-state index in [2.05, 4.69) is 9.79 Å². The average molecular weight is 288 g/mol. The summed E-state index contributed by atoms with van der Waals surface area (Å²) >= 11 is 0. The highest BCUT2D eigenvalue weighted by Crippen LogP contribution is 2.51. The summed E-state index contributed by atoms with van der Waals surface area (Å²) < 4.78 is 4.53. The highest BCUT2D eigenvalue weighted by atomic mass is 16.8. The SMILES string of the molecule is CC1=C(C)C[C@]2([N+](=O)[O-])c3no[n+]([O-])c3C=C(C#N)[C@@H]2C1. The van der Waals surface area contributed by atoms with Gasteiger partial charge in [-0.1, -0.05) is 11.1 Å². The first kappa shape index (κ1) is 13.3. The molecule has 1 aromatic heterocycles. The van der Waals surface area contributed by atoms with E-state index in [-0.39, 0.29) is 28.3 Å². The van der Waals surface area contributed by atoms with Crippen LogP contribution in [0.4, 0.5) is 0 Å². The molecule has 2 atom stereocenters. The van der Waals surface area contributed by atoms with Crippen LogP contribution in [0.25, 0.3) is 6.08 Å². The van der Waals surface area contributed by atoms with Gasteiger partial charge in [-0.2, -0.15) is 5.26 Å². The Morgan fingerprint density at radius 2 is 2.29 bits per heavy atom. The van der Waals surface area contributed by atoms with Crippen molar-refractivity contribution in [2.75, 3.05) is 0 Å². The minimum Gasteiger partial charge on any atom is -0.359 e. The molecule has 0 bridgehead atoms. The highest BCUT2D eigenvalue weighted by Gasteiger charge is 2.64. The monoisotopic (exact) mass is 288 g/mol. The molecule has 0 aliphatic heterocycles. The van der Waals surface area contributed by atoms with E-state index in [4.69, 9.17) is 0 Å². The van der Waals surface area contributed by atoms with Crippen molar-refractivity contribution in [3.63, 3.8) is 0 Å². The minimum atomic E-state index is -1.60. The summed E-state index contributed by atoms with van der Waals surface area (Å²) in [6.07, 6.45) is 1.87. The van der Waals surface area contributed by atoms with Crippen LogP contribution in [0.2, 0.25) is 0 Å². The molecule has 1 aromatic rings. The van der Waals surface area contributed by atoms with Crippen LogP contribution in [0, 0.1) is 32.6 Å². The van der Waals surface area contributed by atoms with Gasteiger partial charge in [-0.3, -0.25) is 14.7 Å². The fraction of sp³-hybridized carbons (Fsp3) is 0.462. The van der Waals surface area contributed by atoms with Crippen molar-refractivity contribution in [2.24, 2.45) is 5.92 Å². The molecule has 21 heavy (non-hydrogen) atoms. The van der Waals surface area contributed by atoms with Crippen LogP contribution < -0.4 is 4.90 Å². The number of allylic oxidation sites excluding steroid dienone is 1. The molecule has 3 rings (SSSR count). The Kier molecular flexibility index (Phi) is 2.63. The molecular weight excluding hydrogens is 276 g/mol. The molecule has 8 heteroatoms. The van der Waals surface area contributed by atoms with Crippen molar-refractivity contribution >= 4 is 6.08 Å². The molecule has 0 saturated heterocycles. The molecular formula is C13H12N4O4. The van der Waals surface area contributed by atoms with Crippen LogP contribution in [0.15, 0.2) is 21.3 Å².